The Bertz CT molecular complexity index is 186. The van der Waals surface area contributed by atoms with Crippen molar-refractivity contribution in [2.45, 2.75) is 155 Å². The van der Waals surface area contributed by atoms with Gasteiger partial charge in [0.1, 0.15) is 0 Å². The van der Waals surface area contributed by atoms with Crippen molar-refractivity contribution >= 4 is 0 Å². The van der Waals surface area contributed by atoms with Gasteiger partial charge in [0.15, 0.2) is 0 Å². The van der Waals surface area contributed by atoms with Gasteiger partial charge in [-0.25, -0.2) is 0 Å². The van der Waals surface area contributed by atoms with Gasteiger partial charge in [-0.2, -0.15) is 0 Å². The quantitative estimate of drug-likeness (QED) is 0.170. The Morgan fingerprint density at radius 1 is 0.320 bits per heavy atom. The molecule has 0 aliphatic rings. The van der Waals surface area contributed by atoms with Gasteiger partial charge >= 0.3 is 0 Å². The number of hydrogen-bond donors (Lipinski definition) is 0. The van der Waals surface area contributed by atoms with E-state index in [1.807, 2.05) is 0 Å². The molecule has 0 N–H and O–H groups in total. The third kappa shape index (κ3) is 24.0. The highest BCUT2D eigenvalue weighted by Gasteiger charge is 1.95. The fraction of sp³-hybridized carbons (Fsp3) is 0.960. The van der Waals surface area contributed by atoms with Gasteiger partial charge in [0.05, 0.1) is 0 Å². The SMILES string of the molecule is CCCCCCCCCCCC[CH]CCCCCCCCCCCC. The minimum absolute atomic E-state index is 1.37. The smallest absolute Gasteiger partial charge is 0.0386 e. The molecular formula is C25H51. The first-order chi connectivity index (χ1) is 12.4. The summed E-state index contributed by atoms with van der Waals surface area (Å²) < 4.78 is 0. The summed E-state index contributed by atoms with van der Waals surface area (Å²) in [5.41, 5.74) is 0. The second-order valence-corrected chi connectivity index (χ2v) is 8.23. The third-order valence-electron chi connectivity index (χ3n) is 5.52. The maximum absolute atomic E-state index is 2.56. The highest BCUT2D eigenvalue weighted by molar-refractivity contribution is 4.64. The summed E-state index contributed by atoms with van der Waals surface area (Å²) in [5.74, 6) is 0. The van der Waals surface area contributed by atoms with Crippen LogP contribution in [0.3, 0.4) is 0 Å². The van der Waals surface area contributed by atoms with Gasteiger partial charge in [0.2, 0.25) is 0 Å². The molecule has 151 valence electrons. The summed E-state index contributed by atoms with van der Waals surface area (Å²) in [6.45, 7) is 4.60. The van der Waals surface area contributed by atoms with Crippen LogP contribution in [-0.2, 0) is 0 Å². The Morgan fingerprint density at radius 3 is 0.840 bits per heavy atom. The maximum atomic E-state index is 2.56. The zero-order valence-corrected chi connectivity index (χ0v) is 18.1. The molecule has 0 aliphatic heterocycles. The molecule has 0 aromatic heterocycles. The van der Waals surface area contributed by atoms with Crippen LogP contribution >= 0.6 is 0 Å². The predicted octanol–water partition coefficient (Wildman–Crippen LogP) is 9.81. The van der Waals surface area contributed by atoms with E-state index in [9.17, 15) is 0 Å². The first kappa shape index (κ1) is 25.0. The Labute approximate surface area is 161 Å². The van der Waals surface area contributed by atoms with Crippen LogP contribution in [0.5, 0.6) is 0 Å². The molecule has 0 heterocycles. The van der Waals surface area contributed by atoms with E-state index in [2.05, 4.69) is 20.3 Å². The standard InChI is InChI=1S/C25H51/c1-3-5-7-9-11-13-15-17-19-21-23-25-24-22-20-18-16-14-12-10-8-6-4-2/h25H,3-24H2,1-2H3. The maximum Gasteiger partial charge on any atom is -0.0386 e. The molecule has 0 bridgehead atoms. The second kappa shape index (κ2) is 24.0. The molecule has 0 saturated carbocycles. The van der Waals surface area contributed by atoms with Crippen molar-refractivity contribution in [2.75, 3.05) is 0 Å². The van der Waals surface area contributed by atoms with E-state index in [0.717, 1.165) is 0 Å². The number of rotatable bonds is 22. The normalized spacial score (nSPS) is 11.3. The van der Waals surface area contributed by atoms with E-state index in [1.54, 1.807) is 0 Å². The first-order valence-corrected chi connectivity index (χ1v) is 12.2. The molecular weight excluding hydrogens is 300 g/mol. The molecule has 0 aromatic rings. The van der Waals surface area contributed by atoms with Crippen molar-refractivity contribution in [2.24, 2.45) is 0 Å². The summed E-state index contributed by atoms with van der Waals surface area (Å²) >= 11 is 0. The third-order valence-corrected chi connectivity index (χ3v) is 5.52. The molecule has 1 radical (unpaired) electrons. The Hall–Kier alpha value is 0. The van der Waals surface area contributed by atoms with E-state index in [-0.39, 0.29) is 0 Å². The van der Waals surface area contributed by atoms with Crippen LogP contribution in [0, 0.1) is 6.42 Å². The van der Waals surface area contributed by atoms with Crippen molar-refractivity contribution in [3.8, 4) is 0 Å². The Balaban J connectivity index is 2.94. The van der Waals surface area contributed by atoms with Gasteiger partial charge in [-0.1, -0.05) is 155 Å². The van der Waals surface area contributed by atoms with Gasteiger partial charge in [0, 0.05) is 0 Å². The molecule has 0 heteroatoms. The molecule has 0 unspecified atom stereocenters. The zero-order chi connectivity index (χ0) is 18.3. The van der Waals surface area contributed by atoms with Crippen LogP contribution < -0.4 is 0 Å². The molecule has 25 heavy (non-hydrogen) atoms. The van der Waals surface area contributed by atoms with Gasteiger partial charge in [0.25, 0.3) is 0 Å². The van der Waals surface area contributed by atoms with Crippen LogP contribution in [0.2, 0.25) is 0 Å². The van der Waals surface area contributed by atoms with Gasteiger partial charge in [-0.3, -0.25) is 0 Å². The molecule has 0 atom stereocenters. The fourth-order valence-corrected chi connectivity index (χ4v) is 3.70. The first-order valence-electron chi connectivity index (χ1n) is 12.2. The molecule has 0 fully saturated rings. The minimum Gasteiger partial charge on any atom is -0.0654 e. The molecule has 0 nitrogen and oxygen atoms in total. The average molecular weight is 352 g/mol. The van der Waals surface area contributed by atoms with Crippen LogP contribution in [0.1, 0.15) is 155 Å². The summed E-state index contributed by atoms with van der Waals surface area (Å²) in [4.78, 5) is 0. The molecule has 0 amide bonds. The topological polar surface area (TPSA) is 0 Å². The summed E-state index contributed by atoms with van der Waals surface area (Å²) in [7, 11) is 0. The van der Waals surface area contributed by atoms with E-state index in [4.69, 9.17) is 0 Å². The largest absolute Gasteiger partial charge is 0.0654 e. The van der Waals surface area contributed by atoms with E-state index < -0.39 is 0 Å². The van der Waals surface area contributed by atoms with E-state index in [1.165, 1.54) is 141 Å². The van der Waals surface area contributed by atoms with Gasteiger partial charge < -0.3 is 0 Å². The van der Waals surface area contributed by atoms with Crippen molar-refractivity contribution in [3.63, 3.8) is 0 Å². The van der Waals surface area contributed by atoms with Crippen molar-refractivity contribution < 1.29 is 0 Å². The lowest BCUT2D eigenvalue weighted by atomic mass is 10.0. The highest BCUT2D eigenvalue weighted by atomic mass is 14.0. The summed E-state index contributed by atoms with van der Waals surface area (Å²) in [6.07, 6.45) is 34.4. The van der Waals surface area contributed by atoms with Gasteiger partial charge in [-0.15, -0.1) is 0 Å². The van der Waals surface area contributed by atoms with Crippen LogP contribution in [0.15, 0.2) is 0 Å². The fourth-order valence-electron chi connectivity index (χ4n) is 3.70. The van der Waals surface area contributed by atoms with E-state index in [0.29, 0.717) is 0 Å². The predicted molar refractivity (Wildman–Crippen MR) is 117 cm³/mol. The lowest BCUT2D eigenvalue weighted by Crippen LogP contribution is -1.85. The second-order valence-electron chi connectivity index (χ2n) is 8.23. The average Bonchev–Trinajstić information content (AvgIpc) is 2.63. The van der Waals surface area contributed by atoms with Crippen LogP contribution in [0.4, 0.5) is 0 Å². The van der Waals surface area contributed by atoms with Crippen molar-refractivity contribution in [3.05, 3.63) is 6.42 Å². The molecule has 0 rings (SSSR count). The van der Waals surface area contributed by atoms with E-state index >= 15 is 0 Å². The molecule has 0 aliphatic carbocycles. The Morgan fingerprint density at radius 2 is 0.560 bits per heavy atom. The molecule has 0 saturated heterocycles. The summed E-state index contributed by atoms with van der Waals surface area (Å²) in [6, 6.07) is 0. The minimum atomic E-state index is 1.37. The Kier molecular flexibility index (Phi) is 24.0. The zero-order valence-electron chi connectivity index (χ0n) is 18.1. The highest BCUT2D eigenvalue weighted by Crippen LogP contribution is 2.14. The lowest BCUT2D eigenvalue weighted by molar-refractivity contribution is 0.545. The number of unbranched alkanes of at least 4 members (excludes halogenated alkanes) is 22. The van der Waals surface area contributed by atoms with Crippen molar-refractivity contribution in [1.29, 1.82) is 0 Å². The van der Waals surface area contributed by atoms with Gasteiger partial charge in [-0.05, 0) is 6.42 Å². The summed E-state index contributed by atoms with van der Waals surface area (Å²) in [5, 5.41) is 0. The molecule has 0 spiro atoms. The van der Waals surface area contributed by atoms with Crippen LogP contribution in [-0.4, -0.2) is 0 Å². The number of hydrogen-bond acceptors (Lipinski definition) is 0. The monoisotopic (exact) mass is 351 g/mol. The lowest BCUT2D eigenvalue weighted by Gasteiger charge is -2.04. The van der Waals surface area contributed by atoms with Crippen LogP contribution in [0.25, 0.3) is 0 Å². The molecule has 0 aromatic carbocycles. The van der Waals surface area contributed by atoms with Crippen molar-refractivity contribution in [1.82, 2.24) is 0 Å².